The summed E-state index contributed by atoms with van der Waals surface area (Å²) in [7, 11) is 4.46. The van der Waals surface area contributed by atoms with Gasteiger partial charge in [-0.3, -0.25) is 18.8 Å². The van der Waals surface area contributed by atoms with E-state index < -0.39 is 11.9 Å². The molecule has 0 atom stereocenters. The zero-order chi connectivity index (χ0) is 25.0. The number of carbonyl (C=O) groups excluding carboxylic acids is 2. The first-order chi connectivity index (χ1) is 16.2. The quantitative estimate of drug-likeness (QED) is 0.513. The third kappa shape index (κ3) is 4.70. The highest BCUT2D eigenvalue weighted by atomic mass is 16.5. The topological polar surface area (TPSA) is 118 Å². The molecule has 1 aromatic heterocycles. The van der Waals surface area contributed by atoms with Gasteiger partial charge in [0.2, 0.25) is 5.91 Å². The number of methoxy groups -OCH3 is 2. The molecule has 10 heteroatoms. The Morgan fingerprint density at radius 2 is 1.68 bits per heavy atom. The van der Waals surface area contributed by atoms with E-state index >= 15 is 0 Å². The van der Waals surface area contributed by atoms with Crippen molar-refractivity contribution in [3.8, 4) is 17.2 Å². The van der Waals surface area contributed by atoms with Crippen LogP contribution in [0.1, 0.15) is 25.0 Å². The second kappa shape index (κ2) is 10.3. The number of urea groups is 1. The number of hydrogen-bond acceptors (Lipinski definition) is 6. The minimum absolute atomic E-state index is 0.0963. The molecule has 0 saturated carbocycles. The van der Waals surface area contributed by atoms with Crippen molar-refractivity contribution in [2.45, 2.75) is 33.4 Å². The van der Waals surface area contributed by atoms with Gasteiger partial charge >= 0.3 is 11.7 Å². The number of aromatic nitrogens is 2. The van der Waals surface area contributed by atoms with Crippen LogP contribution in [-0.4, -0.2) is 53.8 Å². The molecule has 0 unspecified atom stereocenters. The molecule has 2 N–H and O–H groups in total. The summed E-state index contributed by atoms with van der Waals surface area (Å²) in [6.45, 7) is 4.72. The maximum absolute atomic E-state index is 13.4. The van der Waals surface area contributed by atoms with Crippen LogP contribution < -0.4 is 25.6 Å². The van der Waals surface area contributed by atoms with Crippen molar-refractivity contribution in [1.29, 1.82) is 0 Å². The van der Waals surface area contributed by atoms with Gasteiger partial charge in [-0.2, -0.15) is 0 Å². The summed E-state index contributed by atoms with van der Waals surface area (Å²) < 4.78 is 19.9. The number of rotatable bonds is 9. The molecule has 34 heavy (non-hydrogen) atoms. The van der Waals surface area contributed by atoms with E-state index in [9.17, 15) is 14.4 Å². The number of primary amides is 1. The Bertz CT molecular complexity index is 1250. The molecule has 0 aliphatic heterocycles. The largest absolute Gasteiger partial charge is 0.497 e. The van der Waals surface area contributed by atoms with Crippen LogP contribution in [0.3, 0.4) is 0 Å². The number of aryl methyl sites for hydroxylation is 1. The number of benzene rings is 2. The molecular weight excluding hydrogens is 440 g/mol. The first-order valence-electron chi connectivity index (χ1n) is 10.9. The second-order valence-electron chi connectivity index (χ2n) is 7.66. The zero-order valence-electron chi connectivity index (χ0n) is 20.1. The van der Waals surface area contributed by atoms with Crippen molar-refractivity contribution in [3.05, 3.63) is 51.9 Å². The highest BCUT2D eigenvalue weighted by molar-refractivity contribution is 5.95. The van der Waals surface area contributed by atoms with E-state index in [4.69, 9.17) is 19.9 Å². The molecule has 0 aliphatic carbocycles. The lowest BCUT2D eigenvalue weighted by molar-refractivity contribution is -0.126. The fourth-order valence-corrected chi connectivity index (χ4v) is 3.86. The highest BCUT2D eigenvalue weighted by Crippen LogP contribution is 2.31. The van der Waals surface area contributed by atoms with Crippen molar-refractivity contribution in [2.75, 3.05) is 27.9 Å². The molecule has 0 spiro atoms. The van der Waals surface area contributed by atoms with Crippen LogP contribution in [0.5, 0.6) is 17.2 Å². The van der Waals surface area contributed by atoms with Gasteiger partial charge in [-0.05, 0) is 37.6 Å². The van der Waals surface area contributed by atoms with E-state index in [1.807, 2.05) is 26.0 Å². The third-order valence-corrected chi connectivity index (χ3v) is 5.62. The van der Waals surface area contributed by atoms with Crippen molar-refractivity contribution >= 4 is 23.0 Å². The lowest BCUT2D eigenvalue weighted by Gasteiger charge is -2.16. The average Bonchev–Trinajstić information content (AvgIpc) is 3.10. The summed E-state index contributed by atoms with van der Waals surface area (Å²) >= 11 is 0. The number of nitrogens with two attached hydrogens (primary N) is 1. The Kier molecular flexibility index (Phi) is 7.50. The van der Waals surface area contributed by atoms with Gasteiger partial charge in [0, 0.05) is 25.2 Å². The fraction of sp³-hybridized carbons (Fsp3) is 0.375. The fourth-order valence-electron chi connectivity index (χ4n) is 3.86. The van der Waals surface area contributed by atoms with Gasteiger partial charge in [0.05, 0.1) is 39.3 Å². The van der Waals surface area contributed by atoms with E-state index in [1.54, 1.807) is 41.6 Å². The van der Waals surface area contributed by atoms with Crippen LogP contribution in [0, 0.1) is 0 Å². The number of likely N-dealkylation sites (N-methyl/N-ethyl adjacent to an activating group) is 1. The third-order valence-electron chi connectivity index (χ3n) is 5.62. The Labute approximate surface area is 197 Å². The van der Waals surface area contributed by atoms with Crippen molar-refractivity contribution in [2.24, 2.45) is 5.73 Å². The highest BCUT2D eigenvalue weighted by Gasteiger charge is 2.23. The normalized spacial score (nSPS) is 10.9. The minimum Gasteiger partial charge on any atom is -0.497 e. The van der Waals surface area contributed by atoms with Crippen molar-refractivity contribution < 1.29 is 23.8 Å². The summed E-state index contributed by atoms with van der Waals surface area (Å²) in [6, 6.07) is 8.15. The van der Waals surface area contributed by atoms with Crippen molar-refractivity contribution in [1.82, 2.24) is 14.0 Å². The van der Waals surface area contributed by atoms with Gasteiger partial charge in [0.15, 0.2) is 0 Å². The van der Waals surface area contributed by atoms with Gasteiger partial charge < -0.3 is 19.9 Å². The molecule has 0 fully saturated rings. The van der Waals surface area contributed by atoms with Crippen LogP contribution in [0.4, 0.5) is 4.79 Å². The van der Waals surface area contributed by atoms with Crippen LogP contribution >= 0.6 is 0 Å². The average molecular weight is 471 g/mol. The summed E-state index contributed by atoms with van der Waals surface area (Å²) in [5, 5.41) is 0. The Hall–Kier alpha value is -3.95. The number of imide groups is 1. The molecule has 0 radical (unpaired) electrons. The van der Waals surface area contributed by atoms with Gasteiger partial charge in [-0.1, -0.05) is 6.07 Å². The summed E-state index contributed by atoms with van der Waals surface area (Å²) in [5.41, 5.74) is 7.67. The summed E-state index contributed by atoms with van der Waals surface area (Å²) in [4.78, 5) is 38.2. The zero-order valence-corrected chi connectivity index (χ0v) is 20.1. The number of carbonyl (C=O) groups is 2. The first-order valence-corrected chi connectivity index (χ1v) is 10.9. The van der Waals surface area contributed by atoms with Crippen LogP contribution in [0.25, 0.3) is 11.0 Å². The number of nitrogens with zero attached hydrogens (tertiary/aromatic N) is 3. The van der Waals surface area contributed by atoms with Crippen molar-refractivity contribution in [3.63, 3.8) is 0 Å². The molecule has 1 heterocycles. The summed E-state index contributed by atoms with van der Waals surface area (Å²) in [5.74, 6) is 1.21. The Morgan fingerprint density at radius 1 is 1.03 bits per heavy atom. The smallest absolute Gasteiger partial charge is 0.329 e. The SMILES string of the molecule is CCOc1c(CC(=O)N(C)C(N)=O)ccc2c1n(CC)c(=O)n2Cc1cc(OC)cc(OC)c1. The molecule has 0 aliphatic rings. The van der Waals surface area contributed by atoms with E-state index in [-0.39, 0.29) is 18.7 Å². The maximum atomic E-state index is 13.4. The van der Waals surface area contributed by atoms with Crippen LogP contribution in [0.15, 0.2) is 35.1 Å². The van der Waals surface area contributed by atoms with Gasteiger partial charge in [0.25, 0.3) is 0 Å². The standard InChI is InChI=1S/C24H30N4O6/c1-6-27-21-19(9-8-16(22(21)34-7-2)12-20(29)26(3)23(25)30)28(24(27)31)14-15-10-17(32-4)13-18(11-15)33-5/h8-11,13H,6-7,12,14H2,1-5H3,(H2,25,30). The molecule has 182 valence electrons. The Balaban J connectivity index is 2.16. The molecule has 0 bridgehead atoms. The molecule has 3 aromatic rings. The number of ether oxygens (including phenoxy) is 3. The monoisotopic (exact) mass is 470 g/mol. The first kappa shape index (κ1) is 24.7. The number of fused-ring (bicyclic) bond motifs is 1. The predicted molar refractivity (Wildman–Crippen MR) is 128 cm³/mol. The molecule has 3 rings (SSSR count). The van der Waals surface area contributed by atoms with E-state index in [1.165, 1.54) is 7.05 Å². The number of hydrogen-bond donors (Lipinski definition) is 1. The van der Waals surface area contributed by atoms with Gasteiger partial charge in [-0.15, -0.1) is 0 Å². The van der Waals surface area contributed by atoms with Gasteiger partial charge in [-0.25, -0.2) is 9.59 Å². The lowest BCUT2D eigenvalue weighted by atomic mass is 10.1. The molecule has 0 saturated heterocycles. The second-order valence-corrected chi connectivity index (χ2v) is 7.66. The minimum atomic E-state index is -0.839. The lowest BCUT2D eigenvalue weighted by Crippen LogP contribution is -2.38. The number of amides is 3. The van der Waals surface area contributed by atoms with E-state index in [0.717, 1.165) is 10.5 Å². The number of imidazole rings is 1. The molecule has 2 aromatic carbocycles. The summed E-state index contributed by atoms with van der Waals surface area (Å²) in [6.07, 6.45) is -0.0963. The molecular formula is C24H30N4O6. The maximum Gasteiger partial charge on any atom is 0.329 e. The molecule has 3 amide bonds. The predicted octanol–water partition coefficient (Wildman–Crippen LogP) is 2.37. The van der Waals surface area contributed by atoms with Crippen LogP contribution in [-0.2, 0) is 24.3 Å². The van der Waals surface area contributed by atoms with Gasteiger partial charge in [0.1, 0.15) is 22.8 Å². The van der Waals surface area contributed by atoms with E-state index in [2.05, 4.69) is 0 Å². The van der Waals surface area contributed by atoms with Crippen LogP contribution in [0.2, 0.25) is 0 Å². The van der Waals surface area contributed by atoms with E-state index in [0.29, 0.717) is 47.0 Å². The Morgan fingerprint density at radius 3 is 2.21 bits per heavy atom. The molecule has 10 nitrogen and oxygen atoms in total.